The van der Waals surface area contributed by atoms with Crippen LogP contribution in [-0.4, -0.2) is 41.8 Å². The van der Waals surface area contributed by atoms with Crippen LogP contribution in [0.25, 0.3) is 6.08 Å². The van der Waals surface area contributed by atoms with E-state index < -0.39 is 17.7 Å². The van der Waals surface area contributed by atoms with Crippen molar-refractivity contribution in [1.82, 2.24) is 4.57 Å². The summed E-state index contributed by atoms with van der Waals surface area (Å²) in [5, 5.41) is 0. The third kappa shape index (κ3) is 3.84. The lowest BCUT2D eigenvalue weighted by Gasteiger charge is -2.17. The molecule has 8 heteroatoms. The van der Waals surface area contributed by atoms with Gasteiger partial charge in [0.15, 0.2) is 5.76 Å². The van der Waals surface area contributed by atoms with Crippen molar-refractivity contribution in [3.05, 3.63) is 39.9 Å². The second-order valence-electron chi connectivity index (χ2n) is 5.95. The molecule has 0 saturated heterocycles. The fourth-order valence-electron chi connectivity index (χ4n) is 2.94. The monoisotopic (exact) mass is 375 g/mol. The molecule has 8 nitrogen and oxygen atoms in total. The van der Waals surface area contributed by atoms with Crippen molar-refractivity contribution in [2.24, 2.45) is 7.05 Å². The Kier molecular flexibility index (Phi) is 5.99. The Morgan fingerprint density at radius 3 is 2.26 bits per heavy atom. The molecule has 0 fully saturated rings. The van der Waals surface area contributed by atoms with Gasteiger partial charge in [0.1, 0.15) is 18.9 Å². The van der Waals surface area contributed by atoms with Crippen molar-refractivity contribution in [2.75, 3.05) is 13.7 Å². The molecule has 0 atom stereocenters. The number of ketones is 2. The number of hydrogen-bond donors (Lipinski definition) is 0. The van der Waals surface area contributed by atoms with Crippen LogP contribution in [-0.2, 0) is 37.5 Å². The van der Waals surface area contributed by atoms with Crippen molar-refractivity contribution >= 4 is 29.6 Å². The van der Waals surface area contributed by atoms with Crippen molar-refractivity contribution < 1.29 is 33.4 Å². The topological polar surface area (TPSA) is 101 Å². The van der Waals surface area contributed by atoms with Crippen LogP contribution in [0.3, 0.4) is 0 Å². The smallest absolute Gasteiger partial charge is 0.302 e. The number of fused-ring (bicyclic) bond motifs is 1. The number of nitrogens with zero attached hydrogens (tertiary/aromatic N) is 1. The largest absolute Gasteiger partial charge is 0.492 e. The van der Waals surface area contributed by atoms with Crippen molar-refractivity contribution in [1.29, 1.82) is 0 Å². The van der Waals surface area contributed by atoms with Gasteiger partial charge in [-0.05, 0) is 19.1 Å². The third-order valence-corrected chi connectivity index (χ3v) is 4.16. The molecule has 0 radical (unpaired) electrons. The lowest BCUT2D eigenvalue weighted by molar-refractivity contribution is -0.142. The molecule has 1 aromatic rings. The Bertz CT molecular complexity index is 886. The Balaban J connectivity index is 2.59. The predicted molar refractivity (Wildman–Crippen MR) is 94.9 cm³/mol. The molecule has 1 aromatic heterocycles. The minimum Gasteiger partial charge on any atom is -0.492 e. The maximum atomic E-state index is 12.9. The van der Waals surface area contributed by atoms with Gasteiger partial charge in [0.25, 0.3) is 0 Å². The van der Waals surface area contributed by atoms with Gasteiger partial charge in [-0.25, -0.2) is 0 Å². The van der Waals surface area contributed by atoms with Crippen molar-refractivity contribution in [2.45, 2.75) is 27.4 Å². The van der Waals surface area contributed by atoms with Gasteiger partial charge in [-0.3, -0.25) is 19.2 Å². The number of carbonyl (C=O) groups excluding carboxylic acids is 4. The molecule has 2 rings (SSSR count). The van der Waals surface area contributed by atoms with E-state index in [2.05, 4.69) is 0 Å². The number of Topliss-reactive ketones (excluding diaryl/α,β-unsaturated/α-hetero) is 2. The predicted octanol–water partition coefficient (Wildman–Crippen LogP) is 1.96. The molecule has 0 N–H and O–H groups in total. The Morgan fingerprint density at radius 2 is 1.70 bits per heavy atom. The molecule has 0 saturated carbocycles. The molecule has 1 heterocycles. The van der Waals surface area contributed by atoms with E-state index in [4.69, 9.17) is 14.2 Å². The summed E-state index contributed by atoms with van der Waals surface area (Å²) in [7, 11) is 2.96. The number of esters is 2. The van der Waals surface area contributed by atoms with Crippen LogP contribution < -0.4 is 0 Å². The van der Waals surface area contributed by atoms with Crippen molar-refractivity contribution in [3.63, 3.8) is 0 Å². The maximum absolute atomic E-state index is 12.9. The van der Waals surface area contributed by atoms with Crippen LogP contribution in [0.1, 0.15) is 52.9 Å². The molecule has 0 amide bonds. The first-order valence-electron chi connectivity index (χ1n) is 8.19. The van der Waals surface area contributed by atoms with Crippen LogP contribution in [0.4, 0.5) is 0 Å². The van der Waals surface area contributed by atoms with Crippen LogP contribution >= 0.6 is 0 Å². The van der Waals surface area contributed by atoms with Crippen LogP contribution in [0.2, 0.25) is 0 Å². The average molecular weight is 375 g/mol. The van der Waals surface area contributed by atoms with E-state index in [0.29, 0.717) is 11.3 Å². The summed E-state index contributed by atoms with van der Waals surface area (Å²) in [4.78, 5) is 47.8. The maximum Gasteiger partial charge on any atom is 0.302 e. The van der Waals surface area contributed by atoms with E-state index in [9.17, 15) is 19.2 Å². The molecule has 0 unspecified atom stereocenters. The fourth-order valence-corrected chi connectivity index (χ4v) is 2.94. The Morgan fingerprint density at radius 1 is 1.07 bits per heavy atom. The summed E-state index contributed by atoms with van der Waals surface area (Å²) in [5.41, 5.74) is 1.46. The second-order valence-corrected chi connectivity index (χ2v) is 5.95. The van der Waals surface area contributed by atoms with Gasteiger partial charge < -0.3 is 18.8 Å². The lowest BCUT2D eigenvalue weighted by atomic mass is 9.91. The van der Waals surface area contributed by atoms with Crippen molar-refractivity contribution in [3.8, 4) is 0 Å². The highest BCUT2D eigenvalue weighted by atomic mass is 16.5. The molecular formula is C19H21NO7. The van der Waals surface area contributed by atoms with Crippen LogP contribution in [0.15, 0.2) is 17.4 Å². The number of hydrogen-bond acceptors (Lipinski definition) is 7. The first-order valence-corrected chi connectivity index (χ1v) is 8.19. The molecule has 1 aliphatic carbocycles. The molecule has 0 bridgehead atoms. The van der Waals surface area contributed by atoms with E-state index >= 15 is 0 Å². The molecule has 0 aliphatic heterocycles. The number of carbonyl (C=O) groups is 4. The first-order chi connectivity index (χ1) is 12.7. The van der Waals surface area contributed by atoms with E-state index in [-0.39, 0.29) is 41.6 Å². The molecular weight excluding hydrogens is 354 g/mol. The van der Waals surface area contributed by atoms with Gasteiger partial charge >= 0.3 is 11.9 Å². The summed E-state index contributed by atoms with van der Waals surface area (Å²) in [6, 6.07) is 0. The number of methoxy groups -OCH3 is 1. The van der Waals surface area contributed by atoms with Gasteiger partial charge in [0.05, 0.1) is 12.7 Å². The van der Waals surface area contributed by atoms with Crippen LogP contribution in [0, 0.1) is 0 Å². The SMILES string of the molecule is COC1=C(C)C(=O)c2c(c(COC(C)=O)c(/C=C/COC(C)=O)n2C)C1=O. The van der Waals surface area contributed by atoms with E-state index in [0.717, 1.165) is 0 Å². The summed E-state index contributed by atoms with van der Waals surface area (Å²) >= 11 is 0. The number of aromatic nitrogens is 1. The summed E-state index contributed by atoms with van der Waals surface area (Å²) in [6.07, 6.45) is 3.19. The highest BCUT2D eigenvalue weighted by molar-refractivity contribution is 6.26. The first kappa shape index (κ1) is 20.2. The summed E-state index contributed by atoms with van der Waals surface area (Å²) < 4.78 is 16.6. The zero-order valence-electron chi connectivity index (χ0n) is 15.9. The summed E-state index contributed by atoms with van der Waals surface area (Å²) in [6.45, 7) is 3.92. The highest BCUT2D eigenvalue weighted by Crippen LogP contribution is 2.33. The summed E-state index contributed by atoms with van der Waals surface area (Å²) in [5.74, 6) is -1.76. The third-order valence-electron chi connectivity index (χ3n) is 4.16. The minimum absolute atomic E-state index is 0.0284. The number of rotatable bonds is 6. The standard InChI is InChI=1S/C19H21NO7/c1-10-17(23)16-15(18(24)19(10)25-5)13(9-27-12(3)22)14(20(16)4)7-6-8-26-11(2)21/h6-7H,8-9H2,1-5H3/b7-6+. The Hall–Kier alpha value is -3.16. The molecule has 0 aromatic carbocycles. The second kappa shape index (κ2) is 8.03. The Labute approximate surface area is 156 Å². The molecule has 0 spiro atoms. The zero-order chi connectivity index (χ0) is 20.3. The normalized spacial score (nSPS) is 13.8. The van der Waals surface area contributed by atoms with Gasteiger partial charge in [0.2, 0.25) is 11.6 Å². The fraction of sp³-hybridized carbons (Fsp3) is 0.368. The van der Waals surface area contributed by atoms with E-state index in [1.54, 1.807) is 23.8 Å². The van der Waals surface area contributed by atoms with E-state index in [1.807, 2.05) is 0 Å². The quantitative estimate of drug-likeness (QED) is 0.701. The van der Waals surface area contributed by atoms with Gasteiger partial charge in [-0.2, -0.15) is 0 Å². The minimum atomic E-state index is -0.518. The molecule has 144 valence electrons. The van der Waals surface area contributed by atoms with Gasteiger partial charge in [-0.15, -0.1) is 0 Å². The molecule has 1 aliphatic rings. The highest BCUT2D eigenvalue weighted by Gasteiger charge is 2.37. The number of allylic oxidation sites excluding steroid dienone is 2. The zero-order valence-corrected chi connectivity index (χ0v) is 15.9. The average Bonchev–Trinajstić information content (AvgIpc) is 2.87. The molecule has 27 heavy (non-hydrogen) atoms. The van der Waals surface area contributed by atoms with Gasteiger partial charge in [-0.1, -0.05) is 0 Å². The number of ether oxygens (including phenoxy) is 3. The van der Waals surface area contributed by atoms with Crippen LogP contribution in [0.5, 0.6) is 0 Å². The van der Waals surface area contributed by atoms with Gasteiger partial charge in [0, 0.05) is 37.7 Å². The van der Waals surface area contributed by atoms with E-state index in [1.165, 1.54) is 27.9 Å². The lowest BCUT2D eigenvalue weighted by Crippen LogP contribution is -2.23.